The lowest BCUT2D eigenvalue weighted by atomic mass is 9.69. The van der Waals surface area contributed by atoms with Gasteiger partial charge in [0.25, 0.3) is 11.8 Å². The van der Waals surface area contributed by atoms with E-state index in [9.17, 15) is 33.6 Å². The van der Waals surface area contributed by atoms with Crippen molar-refractivity contribution in [3.63, 3.8) is 0 Å². The Morgan fingerprint density at radius 1 is 0.731 bits per heavy atom. The first kappa shape index (κ1) is 63.2. The van der Waals surface area contributed by atoms with Gasteiger partial charge in [-0.15, -0.1) is 22.7 Å². The minimum atomic E-state index is -0.953. The van der Waals surface area contributed by atoms with Crippen LogP contribution in [0.4, 0.5) is 4.79 Å². The Hall–Kier alpha value is -5.62. The molecule has 1 atom stereocenters. The smallest absolute Gasteiger partial charge is 0.408 e. The quantitative estimate of drug-likeness (QED) is 0.0828. The summed E-state index contributed by atoms with van der Waals surface area (Å²) in [7, 11) is 1.33. The van der Waals surface area contributed by atoms with E-state index in [1.807, 2.05) is 29.2 Å². The lowest BCUT2D eigenvalue weighted by Gasteiger charge is -2.45. The zero-order chi connectivity index (χ0) is 57.6. The van der Waals surface area contributed by atoms with Crippen molar-refractivity contribution in [1.29, 1.82) is 0 Å². The molecular weight excluding hydrogens is 1070 g/mol. The number of hydrogen-bond donors (Lipinski definition) is 4. The third-order valence-electron chi connectivity index (χ3n) is 14.2. The fourth-order valence-corrected chi connectivity index (χ4v) is 11.8. The number of Topliss-reactive ketones (excluding diaryl/α,β-unsaturated/α-hetero) is 1. The normalized spacial score (nSPS) is 18.1. The first-order valence-electron chi connectivity index (χ1n) is 26.6. The molecule has 2 aromatic heterocycles. The predicted octanol–water partition coefficient (Wildman–Crippen LogP) is 12.3. The summed E-state index contributed by atoms with van der Waals surface area (Å²) in [6.45, 7) is 19.9. The monoisotopic (exact) mass is 1150 g/mol. The van der Waals surface area contributed by atoms with Gasteiger partial charge in [-0.05, 0) is 154 Å². The number of aliphatic carboxylic acids is 1. The molecule has 78 heavy (non-hydrogen) atoms. The summed E-state index contributed by atoms with van der Waals surface area (Å²) < 4.78 is 11.1. The van der Waals surface area contributed by atoms with Gasteiger partial charge in [0, 0.05) is 42.9 Å². The number of rotatable bonds is 15. The number of alkyl carbamates (subject to hydrolysis) is 1. The topological polar surface area (TPSA) is 210 Å². The van der Waals surface area contributed by atoms with E-state index in [2.05, 4.69) is 62.2 Å². The Morgan fingerprint density at radius 3 is 1.79 bits per heavy atom. The van der Waals surface area contributed by atoms with Crippen LogP contribution in [0.5, 0.6) is 0 Å². The van der Waals surface area contributed by atoms with Crippen molar-refractivity contribution in [2.45, 2.75) is 150 Å². The number of esters is 1. The average molecular weight is 1150 g/mol. The molecule has 0 saturated heterocycles. The maximum Gasteiger partial charge on any atom is 0.408 e. The van der Waals surface area contributed by atoms with Crippen molar-refractivity contribution < 1.29 is 48.1 Å². The molecule has 2 aliphatic carbocycles. The van der Waals surface area contributed by atoms with Crippen LogP contribution in [0.25, 0.3) is 0 Å². The van der Waals surface area contributed by atoms with Crippen LogP contribution >= 0.6 is 45.9 Å². The number of carboxylic acids is 1. The zero-order valence-corrected chi connectivity index (χ0v) is 49.8. The third kappa shape index (κ3) is 19.0. The number of thiophene rings is 2. The highest BCUT2D eigenvalue weighted by molar-refractivity contribution is 7.18. The molecule has 2 aromatic carbocycles. The Balaban J connectivity index is 0.000000244. The highest BCUT2D eigenvalue weighted by Crippen LogP contribution is 2.47. The van der Waals surface area contributed by atoms with Gasteiger partial charge in [-0.1, -0.05) is 89.0 Å². The van der Waals surface area contributed by atoms with Crippen LogP contribution in [0.3, 0.4) is 0 Å². The summed E-state index contributed by atoms with van der Waals surface area (Å²) in [5.41, 5.74) is 2.83. The first-order chi connectivity index (χ1) is 36.6. The fourth-order valence-electron chi connectivity index (χ4n) is 9.66. The average Bonchev–Trinajstić information content (AvgIpc) is 4.08. The van der Waals surface area contributed by atoms with Gasteiger partial charge in [0.2, 0.25) is 5.91 Å². The number of ketones is 1. The number of nitrogens with zero attached hydrogens (tertiary/aromatic N) is 2. The molecule has 2 fully saturated rings. The Labute approximate surface area is 477 Å². The molecule has 0 bridgehead atoms. The largest absolute Gasteiger partial charge is 0.481 e. The molecule has 2 saturated carbocycles. The number of amides is 4. The third-order valence-corrected chi connectivity index (χ3v) is 16.7. The van der Waals surface area contributed by atoms with Crippen LogP contribution < -0.4 is 16.0 Å². The molecular formula is C59H77Cl2N5O10S2. The minimum Gasteiger partial charge on any atom is -0.481 e. The second-order valence-electron chi connectivity index (χ2n) is 23.1. The number of carbonyl (C=O) groups excluding carboxylic acids is 6. The van der Waals surface area contributed by atoms with Crippen molar-refractivity contribution in [3.05, 3.63) is 113 Å². The summed E-state index contributed by atoms with van der Waals surface area (Å²) in [6, 6.07) is 20.3. The highest BCUT2D eigenvalue weighted by Gasteiger charge is 2.50. The van der Waals surface area contributed by atoms with Gasteiger partial charge in [-0.25, -0.2) is 14.6 Å². The van der Waals surface area contributed by atoms with E-state index < -0.39 is 35.3 Å². The van der Waals surface area contributed by atoms with E-state index in [4.69, 9.17) is 38.0 Å². The molecule has 3 heterocycles. The van der Waals surface area contributed by atoms with E-state index in [0.29, 0.717) is 73.4 Å². The fraction of sp³-hybridized carbons (Fsp3) is 0.525. The van der Waals surface area contributed by atoms with Gasteiger partial charge >= 0.3 is 18.0 Å². The maximum absolute atomic E-state index is 13.6. The lowest BCUT2D eigenvalue weighted by Crippen LogP contribution is -2.50. The predicted molar refractivity (Wildman–Crippen MR) is 309 cm³/mol. The molecule has 424 valence electrons. The van der Waals surface area contributed by atoms with Gasteiger partial charge in [-0.2, -0.15) is 0 Å². The lowest BCUT2D eigenvalue weighted by molar-refractivity contribution is -0.137. The van der Waals surface area contributed by atoms with Gasteiger partial charge in [0.1, 0.15) is 28.8 Å². The summed E-state index contributed by atoms with van der Waals surface area (Å²) >= 11 is 14.8. The van der Waals surface area contributed by atoms with E-state index in [1.165, 1.54) is 29.8 Å². The number of nitrogens with one attached hydrogen (secondary N) is 3. The molecule has 4 aromatic rings. The van der Waals surface area contributed by atoms with Crippen LogP contribution in [0.2, 0.25) is 8.67 Å². The van der Waals surface area contributed by atoms with Crippen molar-refractivity contribution in [1.82, 2.24) is 20.9 Å². The van der Waals surface area contributed by atoms with Crippen LogP contribution in [0.15, 0.2) is 77.8 Å². The molecule has 1 unspecified atom stereocenters. The van der Waals surface area contributed by atoms with Crippen LogP contribution in [-0.4, -0.2) is 95.3 Å². The number of benzene rings is 2. The number of ether oxygens (including phenoxy) is 2. The second kappa shape index (κ2) is 28.0. The number of aliphatic imine (C=N–C) groups is 1. The van der Waals surface area contributed by atoms with Gasteiger partial charge in [0.15, 0.2) is 0 Å². The number of carbonyl (C=O) groups is 7. The second-order valence-corrected chi connectivity index (χ2v) is 26.6. The van der Waals surface area contributed by atoms with E-state index >= 15 is 0 Å². The molecule has 4 amide bonds. The van der Waals surface area contributed by atoms with Crippen LogP contribution in [-0.2, 0) is 41.5 Å². The molecule has 4 N–H and O–H groups in total. The Morgan fingerprint density at radius 2 is 1.28 bits per heavy atom. The van der Waals surface area contributed by atoms with E-state index in [1.54, 1.807) is 69.3 Å². The first-order valence-corrected chi connectivity index (χ1v) is 28.9. The van der Waals surface area contributed by atoms with Gasteiger partial charge in [0.05, 0.1) is 32.6 Å². The maximum atomic E-state index is 13.6. The van der Waals surface area contributed by atoms with Crippen molar-refractivity contribution in [3.8, 4) is 0 Å². The highest BCUT2D eigenvalue weighted by atomic mass is 35.5. The number of hydrogen-bond acceptors (Lipinski definition) is 12. The number of halogens is 2. The molecule has 15 nitrogen and oxygen atoms in total. The van der Waals surface area contributed by atoms with Crippen LogP contribution in [0, 0.1) is 22.7 Å². The molecule has 1 aliphatic heterocycles. The number of carboxylic acid groups (broad SMARTS) is 1. The minimum absolute atomic E-state index is 0.0397. The van der Waals surface area contributed by atoms with Crippen molar-refractivity contribution >= 4 is 93.1 Å². The van der Waals surface area contributed by atoms with Crippen molar-refractivity contribution in [2.75, 3.05) is 26.7 Å². The van der Waals surface area contributed by atoms with Crippen LogP contribution in [0.1, 0.15) is 168 Å². The van der Waals surface area contributed by atoms with E-state index in [0.717, 1.165) is 73.3 Å². The molecule has 0 radical (unpaired) electrons. The summed E-state index contributed by atoms with van der Waals surface area (Å²) in [6.07, 6.45) is 8.01. The molecule has 7 rings (SSSR count). The summed E-state index contributed by atoms with van der Waals surface area (Å²) in [4.78, 5) is 92.3. The Kier molecular flexibility index (Phi) is 22.7. The molecule has 1 spiro atoms. The zero-order valence-electron chi connectivity index (χ0n) is 46.6. The van der Waals surface area contributed by atoms with Crippen molar-refractivity contribution in [2.24, 2.45) is 27.7 Å². The standard InChI is InChI=1S/C28H34ClN3O4S.C21H25ClN2O5S.C10H18O/c1-27(2,3)20-10-14-28(15-11-20)31-24(21-8-9-22(29)37-21)26(36)32(28)17-13-18-4-6-19(7-5-18)25(35)30-16-12-23(33)34;1-21(2,3)29-20(27)24-17(15-9-10-16(22)30-15)18(25)23-12-11-13-5-7-14(8-6-13)19(26)28-4;1-10(2,3)8-4-6-9(11)7-5-8/h4-9,20H,10-17H2,1-3H3,(H,30,35)(H,33,34);5-10,17H,11-12H2,1-4H3,(H,23,25)(H,24,27);8H,4-7H2,1-3H3. The van der Waals surface area contributed by atoms with Gasteiger partial charge in [-0.3, -0.25) is 24.0 Å². The SMILES string of the molecule is CC(C)(C)C1CCC(=O)CC1.CC(C)(C)C1CCC2(CC1)N=C(c1ccc(Cl)s1)C(=O)N2CCc1ccc(C(=O)NCCC(=O)O)cc1.COC(=O)c1ccc(CCNC(=O)C(NC(=O)OC(C)(C)C)c2ccc(Cl)s2)cc1. The van der Waals surface area contributed by atoms with E-state index in [-0.39, 0.29) is 36.1 Å². The number of methoxy groups -OCH3 is 1. The molecule has 19 heteroatoms. The Bertz CT molecular complexity index is 2740. The summed E-state index contributed by atoms with van der Waals surface area (Å²) in [5.74, 6) is -0.241. The van der Waals surface area contributed by atoms with Gasteiger partial charge < -0.3 is 35.4 Å². The molecule has 3 aliphatic rings. The summed E-state index contributed by atoms with van der Waals surface area (Å²) in [5, 5.41) is 16.8.